The number of carbonyl (C=O) groups is 2. The third-order valence-electron chi connectivity index (χ3n) is 10.9. The lowest BCUT2D eigenvalue weighted by Gasteiger charge is -2.20. The number of carboxylic acid groups (broad SMARTS) is 2. The molecule has 0 saturated carbocycles. The highest BCUT2D eigenvalue weighted by atomic mass is 79.9. The fraction of sp³-hybridized carbons (Fsp3) is 0.348. The molecular weight excluding hydrogens is 956 g/mol. The number of ether oxygens (including phenoxy) is 4. The number of methoxy groups -OCH3 is 1. The van der Waals surface area contributed by atoms with Crippen LogP contribution >= 0.6 is 31.9 Å². The number of fused-ring (bicyclic) bond motifs is 2. The Morgan fingerprint density at radius 3 is 1.80 bits per heavy atom. The van der Waals surface area contributed by atoms with Gasteiger partial charge in [-0.2, -0.15) is 15.2 Å². The van der Waals surface area contributed by atoms with Crippen LogP contribution in [0.4, 0.5) is 0 Å². The first-order valence-electron chi connectivity index (χ1n) is 20.6. The molecule has 5 aromatic rings. The van der Waals surface area contributed by atoms with E-state index in [1.54, 1.807) is 12.3 Å². The van der Waals surface area contributed by atoms with Crippen LogP contribution in [0, 0.1) is 11.3 Å². The number of aromatic nitrogens is 3. The molecule has 18 heteroatoms. The highest BCUT2D eigenvalue weighted by molar-refractivity contribution is 9.10. The first-order chi connectivity index (χ1) is 30.9. The van der Waals surface area contributed by atoms with Gasteiger partial charge >= 0.3 is 11.9 Å². The van der Waals surface area contributed by atoms with Crippen molar-refractivity contribution >= 4 is 43.8 Å². The fourth-order valence-electron chi connectivity index (χ4n) is 8.03. The highest BCUT2D eigenvalue weighted by Crippen LogP contribution is 2.46. The van der Waals surface area contributed by atoms with E-state index in [-0.39, 0.29) is 50.7 Å². The summed E-state index contributed by atoms with van der Waals surface area (Å²) in [6.07, 6.45) is 2.69. The maximum absolute atomic E-state index is 11.1. The van der Waals surface area contributed by atoms with E-state index in [9.17, 15) is 25.1 Å². The van der Waals surface area contributed by atoms with Gasteiger partial charge in [0.05, 0.1) is 46.7 Å². The standard InChI is InChI=1S/C46H46Br2N6O10/c1-61-43-27(20-51-22-29(55)15-41(57)58)13-37(47)45(53-43)63-39-10-8-33-31(4-2-6-35(33)39)32-5-3-7-36-34(32)9-11-40(36)64-46-38(48)14-28(21-52-23-30(56)16-42(59)60)44(54-46)62-24-26-12-25(17-49)18-50-19-26/h2-7,12-14,18-19,29-30,39-40,51-52,55-56H,8-11,15-16,20-24H2,1H3,(H,57,58)(H,59,60)/t29-,30-,39-,40-/m0/s1. The van der Waals surface area contributed by atoms with E-state index in [1.807, 2.05) is 24.3 Å². The van der Waals surface area contributed by atoms with Gasteiger partial charge < -0.3 is 50.0 Å². The second-order valence-electron chi connectivity index (χ2n) is 15.5. The van der Waals surface area contributed by atoms with Crippen LogP contribution < -0.4 is 29.6 Å². The van der Waals surface area contributed by atoms with Crippen LogP contribution in [0.3, 0.4) is 0 Å². The number of carboxylic acids is 2. The molecule has 4 atom stereocenters. The van der Waals surface area contributed by atoms with E-state index in [0.29, 0.717) is 61.8 Å². The lowest BCUT2D eigenvalue weighted by Crippen LogP contribution is -2.28. The summed E-state index contributed by atoms with van der Waals surface area (Å²) in [5.74, 6) is -0.841. The first-order valence-corrected chi connectivity index (χ1v) is 22.2. The van der Waals surface area contributed by atoms with Gasteiger partial charge in [-0.25, -0.2) is 0 Å². The zero-order chi connectivity index (χ0) is 45.3. The van der Waals surface area contributed by atoms with Crippen LogP contribution in [0.5, 0.6) is 23.5 Å². The summed E-state index contributed by atoms with van der Waals surface area (Å²) in [6, 6.07) is 20.0. The van der Waals surface area contributed by atoms with Crippen LogP contribution in [0.15, 0.2) is 75.9 Å². The number of rotatable bonds is 21. The van der Waals surface area contributed by atoms with Crippen molar-refractivity contribution in [1.82, 2.24) is 25.6 Å². The van der Waals surface area contributed by atoms with Gasteiger partial charge in [-0.05, 0) is 109 Å². The number of hydrogen-bond donors (Lipinski definition) is 6. The fourth-order valence-corrected chi connectivity index (χ4v) is 8.95. The number of aliphatic hydroxyl groups excluding tert-OH is 2. The smallest absolute Gasteiger partial charge is 0.306 e. The molecule has 7 rings (SSSR count). The molecule has 3 heterocycles. The lowest BCUT2D eigenvalue weighted by atomic mass is 9.91. The largest absolute Gasteiger partial charge is 0.481 e. The lowest BCUT2D eigenvalue weighted by molar-refractivity contribution is -0.140. The number of aliphatic carboxylic acids is 2. The van der Waals surface area contributed by atoms with Crippen molar-refractivity contribution in [2.75, 3.05) is 20.2 Å². The summed E-state index contributed by atoms with van der Waals surface area (Å²) in [7, 11) is 1.52. The second-order valence-corrected chi connectivity index (χ2v) is 17.2. The Labute approximate surface area is 385 Å². The van der Waals surface area contributed by atoms with Gasteiger partial charge in [0.1, 0.15) is 24.9 Å². The molecule has 0 radical (unpaired) electrons. The topological polar surface area (TPSA) is 238 Å². The number of pyridine rings is 3. The molecule has 16 nitrogen and oxygen atoms in total. The van der Waals surface area contributed by atoms with Gasteiger partial charge in [0.15, 0.2) is 0 Å². The van der Waals surface area contributed by atoms with Crippen molar-refractivity contribution in [2.45, 2.75) is 82.6 Å². The number of benzene rings is 2. The predicted molar refractivity (Wildman–Crippen MR) is 239 cm³/mol. The Hall–Kier alpha value is -5.68. The Morgan fingerprint density at radius 2 is 1.30 bits per heavy atom. The predicted octanol–water partition coefficient (Wildman–Crippen LogP) is 6.51. The van der Waals surface area contributed by atoms with Crippen LogP contribution in [0.2, 0.25) is 0 Å². The Morgan fingerprint density at radius 1 is 0.781 bits per heavy atom. The molecule has 0 unspecified atom stereocenters. The third kappa shape index (κ3) is 11.3. The van der Waals surface area contributed by atoms with Crippen LogP contribution in [0.25, 0.3) is 11.1 Å². The minimum Gasteiger partial charge on any atom is -0.481 e. The minimum atomic E-state index is -1.10. The number of nitrogens with zero attached hydrogens (tertiary/aromatic N) is 4. The van der Waals surface area contributed by atoms with Gasteiger partial charge in [-0.3, -0.25) is 14.6 Å². The van der Waals surface area contributed by atoms with E-state index in [1.165, 1.54) is 24.4 Å². The number of hydrogen-bond acceptors (Lipinski definition) is 14. The molecular formula is C46H46Br2N6O10. The molecule has 0 spiro atoms. The number of aliphatic hydroxyl groups is 2. The zero-order valence-corrected chi connectivity index (χ0v) is 37.9. The van der Waals surface area contributed by atoms with Crippen molar-refractivity contribution in [1.29, 1.82) is 5.26 Å². The summed E-state index contributed by atoms with van der Waals surface area (Å²) >= 11 is 7.27. The van der Waals surface area contributed by atoms with Crippen molar-refractivity contribution in [3.63, 3.8) is 0 Å². The van der Waals surface area contributed by atoms with E-state index < -0.39 is 30.6 Å². The Bertz CT molecular complexity index is 2560. The maximum Gasteiger partial charge on any atom is 0.306 e. The molecule has 0 fully saturated rings. The summed E-state index contributed by atoms with van der Waals surface area (Å²) in [4.78, 5) is 35.6. The average molecular weight is 1000 g/mol. The average Bonchev–Trinajstić information content (AvgIpc) is 3.88. The summed E-state index contributed by atoms with van der Waals surface area (Å²) in [5, 5.41) is 53.5. The molecule has 2 aliphatic carbocycles. The number of nitriles is 1. The van der Waals surface area contributed by atoms with Gasteiger partial charge in [-0.1, -0.05) is 36.4 Å². The van der Waals surface area contributed by atoms with Crippen molar-refractivity contribution in [3.8, 4) is 40.7 Å². The van der Waals surface area contributed by atoms with Crippen molar-refractivity contribution < 1.29 is 49.0 Å². The summed E-state index contributed by atoms with van der Waals surface area (Å²) < 4.78 is 26.2. The molecule has 3 aromatic heterocycles. The van der Waals surface area contributed by atoms with Crippen molar-refractivity contribution in [3.05, 3.63) is 120 Å². The van der Waals surface area contributed by atoms with Crippen molar-refractivity contribution in [2.24, 2.45) is 0 Å². The molecule has 2 aliphatic rings. The van der Waals surface area contributed by atoms with Crippen LogP contribution in [-0.4, -0.2) is 79.7 Å². The molecule has 0 aliphatic heterocycles. The molecule has 64 heavy (non-hydrogen) atoms. The quantitative estimate of drug-likeness (QED) is 0.0460. The minimum absolute atomic E-state index is 0.0415. The second kappa shape index (κ2) is 21.3. The SMILES string of the molecule is COc1nc(O[C@H]2CCc3c(-c4cccc5c4CC[C@@H]5Oc4nc(OCc5cncc(C#N)c5)c(CNC[C@@H](O)CC(=O)O)cc4Br)cccc32)c(Br)cc1CNC[C@@H](O)CC(=O)O. The van der Waals surface area contributed by atoms with Gasteiger partial charge in [0.25, 0.3) is 0 Å². The molecule has 2 aromatic carbocycles. The third-order valence-corrected chi connectivity index (χ3v) is 12.0. The molecule has 6 N–H and O–H groups in total. The normalized spacial score (nSPS) is 16.0. The number of halogens is 2. The monoisotopic (exact) mass is 1000 g/mol. The van der Waals surface area contributed by atoms with E-state index >= 15 is 0 Å². The highest BCUT2D eigenvalue weighted by Gasteiger charge is 2.32. The summed E-state index contributed by atoms with van der Waals surface area (Å²) in [6.45, 7) is 0.725. The van der Waals surface area contributed by atoms with Gasteiger partial charge in [0, 0.05) is 55.3 Å². The molecule has 0 saturated heterocycles. The van der Waals surface area contributed by atoms with Crippen LogP contribution in [0.1, 0.15) is 82.4 Å². The van der Waals surface area contributed by atoms with E-state index in [4.69, 9.17) is 34.1 Å². The number of nitrogens with one attached hydrogen (secondary N) is 2. The summed E-state index contributed by atoms with van der Waals surface area (Å²) in [5.41, 5.74) is 9.21. The van der Waals surface area contributed by atoms with E-state index in [2.05, 4.69) is 82.8 Å². The maximum atomic E-state index is 11.1. The van der Waals surface area contributed by atoms with E-state index in [0.717, 1.165) is 41.5 Å². The van der Waals surface area contributed by atoms with Gasteiger partial charge in [0.2, 0.25) is 23.5 Å². The Balaban J connectivity index is 1.08. The molecule has 334 valence electrons. The molecule has 0 amide bonds. The Kier molecular flexibility index (Phi) is 15.4. The van der Waals surface area contributed by atoms with Crippen LogP contribution in [-0.2, 0) is 42.1 Å². The molecule has 0 bridgehead atoms. The first kappa shape index (κ1) is 46.3. The zero-order valence-electron chi connectivity index (χ0n) is 34.7. The van der Waals surface area contributed by atoms with Gasteiger partial charge in [-0.15, -0.1) is 0 Å².